The molecule has 1 saturated heterocycles. The van der Waals surface area contributed by atoms with Crippen LogP contribution in [0.3, 0.4) is 0 Å². The van der Waals surface area contributed by atoms with E-state index in [2.05, 4.69) is 27.5 Å². The molecule has 8 heteroatoms. The average molecular weight is 329 g/mol. The summed E-state index contributed by atoms with van der Waals surface area (Å²) in [6, 6.07) is 0.283. The molecule has 0 aromatic carbocycles. The Bertz CT molecular complexity index is 732. The third-order valence-electron chi connectivity index (χ3n) is 5.13. The number of nitrogens with zero attached hydrogens (tertiary/aromatic N) is 6. The second-order valence-electron chi connectivity index (χ2n) is 6.87. The van der Waals surface area contributed by atoms with Gasteiger partial charge in [0.2, 0.25) is 0 Å². The van der Waals surface area contributed by atoms with Gasteiger partial charge in [0.1, 0.15) is 6.33 Å². The van der Waals surface area contributed by atoms with Gasteiger partial charge >= 0.3 is 6.03 Å². The summed E-state index contributed by atoms with van der Waals surface area (Å²) < 4.78 is 3.84. The number of carbonyl (C=O) groups is 1. The van der Waals surface area contributed by atoms with Gasteiger partial charge in [-0.3, -0.25) is 4.68 Å². The van der Waals surface area contributed by atoms with Crippen molar-refractivity contribution >= 4 is 11.7 Å². The predicted molar refractivity (Wildman–Crippen MR) is 88.4 cm³/mol. The van der Waals surface area contributed by atoms with Gasteiger partial charge in [-0.2, -0.15) is 5.10 Å². The van der Waals surface area contributed by atoms with Crippen molar-refractivity contribution in [2.45, 2.75) is 44.7 Å². The molecule has 2 fully saturated rings. The lowest BCUT2D eigenvalue weighted by Gasteiger charge is -2.23. The summed E-state index contributed by atoms with van der Waals surface area (Å²) in [4.78, 5) is 14.5. The minimum absolute atomic E-state index is 0.0158. The Balaban J connectivity index is 1.44. The molecule has 1 N–H and O–H groups in total. The number of nitrogens with one attached hydrogen (secondary N) is 1. The third-order valence-corrected chi connectivity index (χ3v) is 5.13. The summed E-state index contributed by atoms with van der Waals surface area (Å²) in [5.74, 6) is 1.56. The maximum atomic E-state index is 12.7. The molecule has 1 aliphatic heterocycles. The number of aromatic nitrogens is 5. The minimum Gasteiger partial charge on any atom is -0.319 e. The number of rotatable bonds is 4. The van der Waals surface area contributed by atoms with E-state index in [1.165, 1.54) is 12.8 Å². The highest BCUT2D eigenvalue weighted by Gasteiger charge is 2.33. The Labute approximate surface area is 140 Å². The fourth-order valence-corrected chi connectivity index (χ4v) is 3.49. The van der Waals surface area contributed by atoms with E-state index in [0.717, 1.165) is 36.8 Å². The van der Waals surface area contributed by atoms with Crippen LogP contribution in [0.1, 0.15) is 50.5 Å². The topological polar surface area (TPSA) is 80.9 Å². The third kappa shape index (κ3) is 2.76. The molecule has 1 saturated carbocycles. The highest BCUT2D eigenvalue weighted by atomic mass is 16.2. The summed E-state index contributed by atoms with van der Waals surface area (Å²) in [5, 5.41) is 15.5. The first-order valence-corrected chi connectivity index (χ1v) is 8.59. The van der Waals surface area contributed by atoms with Gasteiger partial charge in [-0.25, -0.2) is 4.79 Å². The van der Waals surface area contributed by atoms with Crippen LogP contribution in [-0.4, -0.2) is 42.0 Å². The highest BCUT2D eigenvalue weighted by Crippen LogP contribution is 2.39. The van der Waals surface area contributed by atoms with Crippen molar-refractivity contribution in [1.29, 1.82) is 0 Å². The molecule has 2 aromatic rings. The van der Waals surface area contributed by atoms with Crippen molar-refractivity contribution in [2.75, 3.05) is 11.9 Å². The monoisotopic (exact) mass is 329 g/mol. The molecule has 2 aliphatic rings. The Morgan fingerprint density at radius 1 is 1.38 bits per heavy atom. The van der Waals surface area contributed by atoms with Crippen LogP contribution in [0, 0.1) is 5.92 Å². The molecule has 1 aliphatic carbocycles. The van der Waals surface area contributed by atoms with Gasteiger partial charge < -0.3 is 14.8 Å². The van der Waals surface area contributed by atoms with Crippen LogP contribution in [0.25, 0.3) is 0 Å². The fraction of sp³-hybridized carbons (Fsp3) is 0.625. The molecule has 8 nitrogen and oxygen atoms in total. The number of hydrogen-bond donors (Lipinski definition) is 1. The molecule has 2 amide bonds. The van der Waals surface area contributed by atoms with E-state index >= 15 is 0 Å². The van der Waals surface area contributed by atoms with Crippen LogP contribution < -0.4 is 5.32 Å². The van der Waals surface area contributed by atoms with Gasteiger partial charge in [0.15, 0.2) is 5.82 Å². The second kappa shape index (κ2) is 5.92. The molecule has 2 atom stereocenters. The smallest absolute Gasteiger partial charge is 0.319 e. The van der Waals surface area contributed by atoms with E-state index in [4.69, 9.17) is 0 Å². The number of carbonyl (C=O) groups excluding carboxylic acids is 1. The van der Waals surface area contributed by atoms with Gasteiger partial charge in [0.05, 0.1) is 24.0 Å². The van der Waals surface area contributed by atoms with Gasteiger partial charge in [-0.15, -0.1) is 10.2 Å². The number of amides is 2. The van der Waals surface area contributed by atoms with Gasteiger partial charge in [0, 0.05) is 19.8 Å². The van der Waals surface area contributed by atoms with Gasteiger partial charge in [0.25, 0.3) is 0 Å². The molecule has 0 spiro atoms. The Hall–Kier alpha value is -2.38. The number of anilines is 1. The van der Waals surface area contributed by atoms with E-state index < -0.39 is 0 Å². The fourth-order valence-electron chi connectivity index (χ4n) is 3.49. The molecule has 0 radical (unpaired) electrons. The van der Waals surface area contributed by atoms with Crippen LogP contribution in [-0.2, 0) is 7.05 Å². The van der Waals surface area contributed by atoms with Crippen molar-refractivity contribution in [2.24, 2.45) is 13.0 Å². The van der Waals surface area contributed by atoms with Crippen LogP contribution in [0.5, 0.6) is 0 Å². The molecule has 24 heavy (non-hydrogen) atoms. The lowest BCUT2D eigenvalue weighted by Crippen LogP contribution is -2.35. The molecule has 3 heterocycles. The van der Waals surface area contributed by atoms with E-state index in [1.807, 2.05) is 27.4 Å². The minimum atomic E-state index is -0.0980. The first-order chi connectivity index (χ1) is 11.6. The zero-order valence-corrected chi connectivity index (χ0v) is 14.1. The summed E-state index contributed by atoms with van der Waals surface area (Å²) in [6.07, 6.45) is 9.76. The first-order valence-electron chi connectivity index (χ1n) is 8.59. The zero-order chi connectivity index (χ0) is 16.7. The molecule has 128 valence electrons. The Morgan fingerprint density at radius 2 is 2.21 bits per heavy atom. The van der Waals surface area contributed by atoms with E-state index in [1.54, 1.807) is 12.5 Å². The lowest BCUT2D eigenvalue weighted by atomic mass is 10.2. The SMILES string of the molecule is CC(C1CC1)n1cc(NC(=O)N2CCCC2c2nncn2C)cn1. The average Bonchev–Trinajstić information content (AvgIpc) is 2.96. The molecule has 0 bridgehead atoms. The first kappa shape index (κ1) is 15.2. The van der Waals surface area contributed by atoms with Gasteiger partial charge in [-0.05, 0) is 38.5 Å². The van der Waals surface area contributed by atoms with Crippen molar-refractivity contribution in [3.05, 3.63) is 24.5 Å². The van der Waals surface area contributed by atoms with E-state index in [9.17, 15) is 4.79 Å². The highest BCUT2D eigenvalue weighted by molar-refractivity contribution is 5.89. The molecular weight excluding hydrogens is 306 g/mol. The standard InChI is InChI=1S/C16H23N7O/c1-11(12-5-6-12)23-9-13(8-18-23)19-16(24)22-7-3-4-14(22)15-20-17-10-21(15)2/h8-12,14H,3-7H2,1-2H3,(H,19,24). The van der Waals surface area contributed by atoms with E-state index in [0.29, 0.717) is 6.04 Å². The largest absolute Gasteiger partial charge is 0.322 e. The summed E-state index contributed by atoms with van der Waals surface area (Å²) in [6.45, 7) is 2.91. The zero-order valence-electron chi connectivity index (χ0n) is 14.1. The number of likely N-dealkylation sites (tertiary alicyclic amines) is 1. The number of aryl methyl sites for hydroxylation is 1. The molecule has 2 aromatic heterocycles. The molecular formula is C16H23N7O. The van der Waals surface area contributed by atoms with Crippen LogP contribution >= 0.6 is 0 Å². The molecule has 4 rings (SSSR count). The summed E-state index contributed by atoms with van der Waals surface area (Å²) >= 11 is 0. The Morgan fingerprint density at radius 3 is 2.92 bits per heavy atom. The van der Waals surface area contributed by atoms with Crippen LogP contribution in [0.15, 0.2) is 18.7 Å². The molecule has 2 unspecified atom stereocenters. The second-order valence-corrected chi connectivity index (χ2v) is 6.87. The quantitative estimate of drug-likeness (QED) is 0.933. The van der Waals surface area contributed by atoms with Crippen molar-refractivity contribution in [3.63, 3.8) is 0 Å². The summed E-state index contributed by atoms with van der Waals surface area (Å²) in [7, 11) is 1.91. The van der Waals surface area contributed by atoms with Crippen LogP contribution in [0.4, 0.5) is 10.5 Å². The maximum absolute atomic E-state index is 12.7. The van der Waals surface area contributed by atoms with Crippen molar-refractivity contribution < 1.29 is 4.79 Å². The predicted octanol–water partition coefficient (Wildman–Crippen LogP) is 2.35. The lowest BCUT2D eigenvalue weighted by molar-refractivity contribution is 0.204. The van der Waals surface area contributed by atoms with Crippen molar-refractivity contribution in [1.82, 2.24) is 29.4 Å². The maximum Gasteiger partial charge on any atom is 0.322 e. The number of urea groups is 1. The van der Waals surface area contributed by atoms with Crippen molar-refractivity contribution in [3.8, 4) is 0 Å². The number of hydrogen-bond acceptors (Lipinski definition) is 4. The van der Waals surface area contributed by atoms with E-state index in [-0.39, 0.29) is 12.1 Å². The normalized spacial score (nSPS) is 21.9. The van der Waals surface area contributed by atoms with Gasteiger partial charge in [-0.1, -0.05) is 0 Å². The van der Waals surface area contributed by atoms with Crippen LogP contribution in [0.2, 0.25) is 0 Å². The summed E-state index contributed by atoms with van der Waals surface area (Å²) in [5.41, 5.74) is 0.746. The Kier molecular flexibility index (Phi) is 3.74.